The molecule has 0 saturated heterocycles. The summed E-state index contributed by atoms with van der Waals surface area (Å²) >= 11 is 4.53. The van der Waals surface area contributed by atoms with Crippen LogP contribution in [0.2, 0.25) is 0 Å². The van der Waals surface area contributed by atoms with Crippen LogP contribution in [0.3, 0.4) is 0 Å². The number of aromatic nitrogens is 3. The number of hydrazone groups is 1. The molecule has 1 aromatic heterocycles. The summed E-state index contributed by atoms with van der Waals surface area (Å²) in [5, 5.41) is 15.5. The van der Waals surface area contributed by atoms with Gasteiger partial charge >= 0.3 is 0 Å². The third-order valence-electron chi connectivity index (χ3n) is 4.22. The van der Waals surface area contributed by atoms with Crippen molar-refractivity contribution in [2.45, 2.75) is 12.1 Å². The molecule has 3 aromatic rings. The van der Waals surface area contributed by atoms with Crippen molar-refractivity contribution in [3.05, 3.63) is 52.5 Å². The highest BCUT2D eigenvalue weighted by molar-refractivity contribution is 9.10. The Morgan fingerprint density at radius 1 is 1.26 bits per heavy atom. The second-order valence-corrected chi connectivity index (χ2v) is 8.26. The number of hydrogen-bond donors (Lipinski definition) is 3. The van der Waals surface area contributed by atoms with Crippen LogP contribution in [0.1, 0.15) is 12.5 Å². The Labute approximate surface area is 190 Å². The fourth-order valence-corrected chi connectivity index (χ4v) is 3.72. The van der Waals surface area contributed by atoms with Crippen molar-refractivity contribution in [2.75, 3.05) is 29.1 Å². The van der Waals surface area contributed by atoms with Crippen LogP contribution in [0.25, 0.3) is 0 Å². The summed E-state index contributed by atoms with van der Waals surface area (Å²) in [6, 6.07) is 12.9. The fourth-order valence-electron chi connectivity index (χ4n) is 2.67. The molecule has 0 unspecified atom stereocenters. The number of fused-ring (bicyclic) bond motifs is 1. The summed E-state index contributed by atoms with van der Waals surface area (Å²) in [6.45, 7) is 2.05. The van der Waals surface area contributed by atoms with E-state index in [1.807, 2.05) is 43.3 Å². The third-order valence-corrected chi connectivity index (χ3v) is 5.66. The van der Waals surface area contributed by atoms with Gasteiger partial charge in [-0.2, -0.15) is 5.10 Å². The molecule has 0 saturated carbocycles. The summed E-state index contributed by atoms with van der Waals surface area (Å²) in [4.78, 5) is 12.2. The molecule has 0 spiro atoms. The molecule has 1 amide bonds. The van der Waals surface area contributed by atoms with Gasteiger partial charge in [0.2, 0.25) is 17.9 Å². The monoisotopic (exact) mass is 503 g/mol. The molecule has 0 atom stereocenters. The minimum Gasteiger partial charge on any atom is -0.454 e. The molecular formula is C19H18BrN7O3S. The Balaban J connectivity index is 1.34. The lowest BCUT2D eigenvalue weighted by Crippen LogP contribution is -2.17. The van der Waals surface area contributed by atoms with Gasteiger partial charge in [0.15, 0.2) is 11.5 Å². The summed E-state index contributed by atoms with van der Waals surface area (Å²) in [6.07, 6.45) is 0. The van der Waals surface area contributed by atoms with Crippen molar-refractivity contribution >= 4 is 50.9 Å². The van der Waals surface area contributed by atoms with E-state index in [0.717, 1.165) is 10.0 Å². The summed E-state index contributed by atoms with van der Waals surface area (Å²) in [5.74, 6) is 7.59. The Kier molecular flexibility index (Phi) is 6.28. The van der Waals surface area contributed by atoms with Gasteiger partial charge in [-0.3, -0.25) is 4.79 Å². The Morgan fingerprint density at radius 2 is 2.10 bits per heavy atom. The number of carbonyl (C=O) groups excluding carboxylic acids is 1. The Morgan fingerprint density at radius 3 is 2.94 bits per heavy atom. The van der Waals surface area contributed by atoms with Crippen LogP contribution in [-0.4, -0.2) is 39.0 Å². The summed E-state index contributed by atoms with van der Waals surface area (Å²) in [5.41, 5.74) is 5.05. The van der Waals surface area contributed by atoms with Crippen LogP contribution >= 0.6 is 27.7 Å². The molecule has 4 N–H and O–H groups in total. The van der Waals surface area contributed by atoms with E-state index in [0.29, 0.717) is 28.1 Å². The second-order valence-electron chi connectivity index (χ2n) is 6.40. The first-order chi connectivity index (χ1) is 15.0. The van der Waals surface area contributed by atoms with E-state index in [4.69, 9.17) is 15.3 Å². The smallest absolute Gasteiger partial charge is 0.264 e. The lowest BCUT2D eigenvalue weighted by atomic mass is 10.1. The predicted molar refractivity (Wildman–Crippen MR) is 122 cm³/mol. The van der Waals surface area contributed by atoms with Crippen LogP contribution < -0.4 is 26.1 Å². The number of amides is 1. The van der Waals surface area contributed by atoms with Gasteiger partial charge in [-0.15, -0.1) is 10.2 Å². The number of nitrogens with two attached hydrogens (primary N) is 1. The number of nitrogens with zero attached hydrogens (tertiary/aromatic N) is 4. The van der Waals surface area contributed by atoms with Crippen LogP contribution in [0, 0.1) is 0 Å². The third kappa shape index (κ3) is 5.09. The maximum absolute atomic E-state index is 12.2. The number of carbonyl (C=O) groups is 1. The van der Waals surface area contributed by atoms with Gasteiger partial charge < -0.3 is 20.6 Å². The molecule has 1 aliphatic rings. The van der Waals surface area contributed by atoms with Gasteiger partial charge in [-0.05, 0) is 43.3 Å². The van der Waals surface area contributed by atoms with Gasteiger partial charge in [0.05, 0.1) is 11.5 Å². The van der Waals surface area contributed by atoms with Crippen molar-refractivity contribution < 1.29 is 14.3 Å². The molecule has 0 aliphatic carbocycles. The lowest BCUT2D eigenvalue weighted by molar-refractivity contribution is -0.113. The summed E-state index contributed by atoms with van der Waals surface area (Å²) in [7, 11) is 0. The van der Waals surface area contributed by atoms with E-state index >= 15 is 0 Å². The van der Waals surface area contributed by atoms with Gasteiger partial charge in [0.25, 0.3) is 5.95 Å². The van der Waals surface area contributed by atoms with Crippen molar-refractivity contribution in [3.63, 3.8) is 0 Å². The molecular weight excluding hydrogens is 486 g/mol. The van der Waals surface area contributed by atoms with Crippen molar-refractivity contribution in [2.24, 2.45) is 5.10 Å². The first-order valence-electron chi connectivity index (χ1n) is 9.08. The SMILES string of the molecule is C/C(=N\Nc1nnc(SCC(=O)Nc2cccc(Br)c2)n1N)c1ccc2c(c1)OCO2. The number of hydrogen-bond acceptors (Lipinski definition) is 9. The molecule has 10 nitrogen and oxygen atoms in total. The van der Waals surface area contributed by atoms with Crippen LogP contribution in [-0.2, 0) is 4.79 Å². The highest BCUT2D eigenvalue weighted by Gasteiger charge is 2.15. The van der Waals surface area contributed by atoms with Gasteiger partial charge in [-0.25, -0.2) is 10.1 Å². The zero-order chi connectivity index (χ0) is 21.8. The topological polar surface area (TPSA) is 129 Å². The number of benzene rings is 2. The molecule has 2 heterocycles. The number of halogens is 1. The molecule has 0 radical (unpaired) electrons. The highest BCUT2D eigenvalue weighted by Crippen LogP contribution is 2.32. The quantitative estimate of drug-likeness (QED) is 0.194. The van der Waals surface area contributed by atoms with E-state index < -0.39 is 0 Å². The van der Waals surface area contributed by atoms with E-state index in [1.54, 1.807) is 6.07 Å². The summed E-state index contributed by atoms with van der Waals surface area (Å²) < 4.78 is 12.8. The Bertz CT molecular complexity index is 1150. The molecule has 1 aliphatic heterocycles. The molecule has 4 rings (SSSR count). The van der Waals surface area contributed by atoms with Crippen molar-refractivity contribution in [1.82, 2.24) is 14.9 Å². The molecule has 0 fully saturated rings. The van der Waals surface area contributed by atoms with Gasteiger partial charge in [0, 0.05) is 15.7 Å². The highest BCUT2D eigenvalue weighted by atomic mass is 79.9. The largest absolute Gasteiger partial charge is 0.454 e. The number of ether oxygens (including phenoxy) is 2. The normalized spacial score (nSPS) is 12.6. The number of rotatable bonds is 7. The van der Waals surface area contributed by atoms with E-state index in [1.165, 1.54) is 16.4 Å². The van der Waals surface area contributed by atoms with Gasteiger partial charge in [0.1, 0.15) is 0 Å². The number of thioether (sulfide) groups is 1. The van der Waals surface area contributed by atoms with Crippen LogP contribution in [0.15, 0.2) is 57.2 Å². The van der Waals surface area contributed by atoms with E-state index in [-0.39, 0.29) is 24.4 Å². The standard InChI is InChI=1S/C19H18BrN7O3S/c1-11(12-5-6-15-16(7-12)30-10-29-15)23-24-18-25-26-19(27(18)21)31-9-17(28)22-14-4-2-3-13(20)8-14/h2-8H,9-10,21H2,1H3,(H,22,28)(H,24,25)/b23-11+. The zero-order valence-corrected chi connectivity index (χ0v) is 18.7. The molecule has 12 heteroatoms. The molecule has 2 aromatic carbocycles. The average Bonchev–Trinajstić information content (AvgIpc) is 3.36. The minimum atomic E-state index is -0.183. The maximum Gasteiger partial charge on any atom is 0.264 e. The molecule has 31 heavy (non-hydrogen) atoms. The minimum absolute atomic E-state index is 0.126. The van der Waals surface area contributed by atoms with Crippen molar-refractivity contribution in [1.29, 1.82) is 0 Å². The van der Waals surface area contributed by atoms with E-state index in [9.17, 15) is 4.79 Å². The van der Waals surface area contributed by atoms with E-state index in [2.05, 4.69) is 42.0 Å². The first-order valence-corrected chi connectivity index (χ1v) is 10.9. The number of nitrogens with one attached hydrogen (secondary N) is 2. The number of nitrogen functional groups attached to an aromatic ring is 1. The zero-order valence-electron chi connectivity index (χ0n) is 16.3. The molecule has 0 bridgehead atoms. The van der Waals surface area contributed by atoms with Gasteiger partial charge in [-0.1, -0.05) is 33.8 Å². The lowest BCUT2D eigenvalue weighted by Gasteiger charge is -2.06. The van der Waals surface area contributed by atoms with Crippen LogP contribution in [0.5, 0.6) is 11.5 Å². The Hall–Kier alpha value is -3.25. The maximum atomic E-state index is 12.2. The predicted octanol–water partition coefficient (Wildman–Crippen LogP) is 3.05. The molecule has 160 valence electrons. The van der Waals surface area contributed by atoms with Crippen LogP contribution in [0.4, 0.5) is 11.6 Å². The first kappa shape index (κ1) is 21.0. The average molecular weight is 504 g/mol. The number of anilines is 2. The van der Waals surface area contributed by atoms with Crippen molar-refractivity contribution in [3.8, 4) is 11.5 Å². The fraction of sp³-hybridized carbons (Fsp3) is 0.158. The second kappa shape index (κ2) is 9.27.